The molecule has 0 aromatic heterocycles. The summed E-state index contributed by atoms with van der Waals surface area (Å²) in [6, 6.07) is 8.64. The molecule has 0 aliphatic heterocycles. The molecular weight excluding hydrogens is 326 g/mol. The molecule has 0 radical (unpaired) electrons. The molecule has 2 aromatic rings. The van der Waals surface area contributed by atoms with Crippen LogP contribution in [0.5, 0.6) is 0 Å². The molecule has 0 N–H and O–H groups in total. The Morgan fingerprint density at radius 2 is 1.22 bits per heavy atom. The Morgan fingerprint density at radius 1 is 0.826 bits per heavy atom. The number of para-hydroxylation sites is 1. The van der Waals surface area contributed by atoms with Crippen LogP contribution in [0.15, 0.2) is 24.3 Å². The van der Waals surface area contributed by atoms with Crippen molar-refractivity contribution in [3.8, 4) is 11.1 Å². The Morgan fingerprint density at radius 3 is 1.61 bits per heavy atom. The zero-order valence-electron chi connectivity index (χ0n) is 14.9. The number of hydrogen-bond donors (Lipinski definition) is 0. The monoisotopic (exact) mass is 352 g/mol. The molecule has 3 nitrogen and oxygen atoms in total. The first kappa shape index (κ1) is 23.5. The standard InChI is InChI=1S/C17H22N.2CH2O.Cr/c1-11-12(2)14(4)17(13(11)3)15-9-7-8-10-16(15)18(5)6;2*1-2;/h7-10H,1-6H3;2*1H2;/q-1;;;. The normalized spacial score (nSPS) is 8.78. The van der Waals surface area contributed by atoms with Gasteiger partial charge >= 0.3 is 0 Å². The summed E-state index contributed by atoms with van der Waals surface area (Å²) in [6.07, 6.45) is 0. The fourth-order valence-electron chi connectivity index (χ4n) is 2.70. The summed E-state index contributed by atoms with van der Waals surface area (Å²) in [5.41, 5.74) is 9.72. The van der Waals surface area contributed by atoms with Crippen LogP contribution >= 0.6 is 0 Å². The minimum Gasteiger partial charge on any atom is -0.408 e. The van der Waals surface area contributed by atoms with Crippen molar-refractivity contribution in [1.82, 2.24) is 0 Å². The fraction of sp³-hybridized carbons (Fsp3) is 0.316. The van der Waals surface area contributed by atoms with E-state index in [0.29, 0.717) is 0 Å². The molecule has 0 fully saturated rings. The molecule has 0 saturated carbocycles. The minimum absolute atomic E-state index is 0. The number of carbonyl (C=O) groups is 2. The van der Waals surface area contributed by atoms with E-state index in [4.69, 9.17) is 9.59 Å². The molecule has 0 atom stereocenters. The van der Waals surface area contributed by atoms with Crippen molar-refractivity contribution in [1.29, 1.82) is 0 Å². The van der Waals surface area contributed by atoms with Crippen LogP contribution in [0.25, 0.3) is 11.1 Å². The number of hydrogen-bond acceptors (Lipinski definition) is 3. The van der Waals surface area contributed by atoms with Crippen LogP contribution in [0.1, 0.15) is 22.3 Å². The molecule has 0 aliphatic carbocycles. The Labute approximate surface area is 150 Å². The van der Waals surface area contributed by atoms with Gasteiger partial charge in [-0.15, -0.1) is 28.3 Å². The number of anilines is 1. The number of rotatable bonds is 2. The molecule has 0 aliphatic rings. The van der Waals surface area contributed by atoms with Gasteiger partial charge in [0.05, 0.1) is 0 Å². The van der Waals surface area contributed by atoms with Gasteiger partial charge in [0.1, 0.15) is 13.6 Å². The van der Waals surface area contributed by atoms with Crippen LogP contribution in [0.4, 0.5) is 5.69 Å². The smallest absolute Gasteiger partial charge is 0.106 e. The van der Waals surface area contributed by atoms with Gasteiger partial charge in [-0.25, -0.2) is 0 Å². The van der Waals surface area contributed by atoms with Gasteiger partial charge in [-0.2, -0.15) is 0 Å². The van der Waals surface area contributed by atoms with Gasteiger partial charge in [0, 0.05) is 17.4 Å². The average Bonchev–Trinajstić information content (AvgIpc) is 2.75. The fourth-order valence-corrected chi connectivity index (χ4v) is 2.70. The van der Waals surface area contributed by atoms with Gasteiger partial charge in [-0.1, -0.05) is 57.0 Å². The third kappa shape index (κ3) is 4.86. The summed E-state index contributed by atoms with van der Waals surface area (Å²) < 4.78 is 0. The molecule has 0 bridgehead atoms. The van der Waals surface area contributed by atoms with Crippen LogP contribution in [0, 0.1) is 27.7 Å². The summed E-state index contributed by atoms with van der Waals surface area (Å²) >= 11 is 0. The van der Waals surface area contributed by atoms with Gasteiger partial charge in [0.2, 0.25) is 0 Å². The molecule has 0 unspecified atom stereocenters. The van der Waals surface area contributed by atoms with Crippen molar-refractivity contribution in [3.05, 3.63) is 46.5 Å². The third-order valence-corrected chi connectivity index (χ3v) is 4.09. The van der Waals surface area contributed by atoms with E-state index < -0.39 is 0 Å². The van der Waals surface area contributed by atoms with Crippen LogP contribution in [-0.2, 0) is 27.0 Å². The van der Waals surface area contributed by atoms with E-state index in [-0.39, 0.29) is 17.4 Å². The van der Waals surface area contributed by atoms with Crippen molar-refractivity contribution < 1.29 is 27.0 Å². The first-order chi connectivity index (χ1) is 10.4. The minimum atomic E-state index is 0. The Hall–Kier alpha value is -1.76. The number of nitrogens with zero attached hydrogens (tertiary/aromatic N) is 1. The summed E-state index contributed by atoms with van der Waals surface area (Å²) in [5.74, 6) is 0. The van der Waals surface area contributed by atoms with Crippen LogP contribution in [0.3, 0.4) is 0 Å². The SMILES string of the molecule is C=O.C=O.Cc1c(C)c(C)[c-](-c2ccccc2N(C)C)c1C.[Cr]. The second kappa shape index (κ2) is 10.9. The quantitative estimate of drug-likeness (QED) is 0.767. The van der Waals surface area contributed by atoms with E-state index in [1.165, 1.54) is 39.1 Å². The Bertz CT molecular complexity index is 591. The predicted molar refractivity (Wildman–Crippen MR) is 95.0 cm³/mol. The first-order valence-electron chi connectivity index (χ1n) is 7.02. The van der Waals surface area contributed by atoms with Crippen molar-refractivity contribution >= 4 is 19.3 Å². The molecule has 0 saturated heterocycles. The van der Waals surface area contributed by atoms with Crippen molar-refractivity contribution in [2.75, 3.05) is 19.0 Å². The topological polar surface area (TPSA) is 37.4 Å². The second-order valence-electron chi connectivity index (χ2n) is 5.29. The van der Waals surface area contributed by atoms with Crippen LogP contribution in [-0.4, -0.2) is 27.7 Å². The summed E-state index contributed by atoms with van der Waals surface area (Å²) in [7, 11) is 4.21. The molecule has 23 heavy (non-hydrogen) atoms. The largest absolute Gasteiger partial charge is 0.408 e. The molecular formula is C19H26CrNO2-. The maximum Gasteiger partial charge on any atom is 0.106 e. The maximum atomic E-state index is 8.00. The van der Waals surface area contributed by atoms with E-state index in [0.717, 1.165) is 0 Å². The summed E-state index contributed by atoms with van der Waals surface area (Å²) in [6.45, 7) is 12.9. The van der Waals surface area contributed by atoms with Gasteiger partial charge in [0.15, 0.2) is 0 Å². The molecule has 0 heterocycles. The van der Waals surface area contributed by atoms with E-state index in [1.54, 1.807) is 0 Å². The Kier molecular flexibility index (Phi) is 11.1. The van der Waals surface area contributed by atoms with E-state index in [2.05, 4.69) is 71.0 Å². The zero-order chi connectivity index (χ0) is 17.4. The van der Waals surface area contributed by atoms with E-state index in [9.17, 15) is 0 Å². The van der Waals surface area contributed by atoms with Gasteiger partial charge in [0.25, 0.3) is 0 Å². The van der Waals surface area contributed by atoms with Crippen LogP contribution < -0.4 is 4.90 Å². The Balaban J connectivity index is 0. The van der Waals surface area contributed by atoms with Gasteiger partial charge in [-0.05, 0) is 19.8 Å². The van der Waals surface area contributed by atoms with Gasteiger partial charge < -0.3 is 14.5 Å². The van der Waals surface area contributed by atoms with Crippen molar-refractivity contribution in [3.63, 3.8) is 0 Å². The van der Waals surface area contributed by atoms with Crippen molar-refractivity contribution in [2.24, 2.45) is 0 Å². The molecule has 4 heteroatoms. The first-order valence-corrected chi connectivity index (χ1v) is 7.02. The van der Waals surface area contributed by atoms with Crippen molar-refractivity contribution in [2.45, 2.75) is 27.7 Å². The van der Waals surface area contributed by atoms with E-state index in [1.807, 2.05) is 13.6 Å². The molecule has 126 valence electrons. The summed E-state index contributed by atoms with van der Waals surface area (Å²) in [4.78, 5) is 18.2. The molecule has 2 rings (SSSR count). The summed E-state index contributed by atoms with van der Waals surface area (Å²) in [5, 5.41) is 0. The second-order valence-corrected chi connectivity index (χ2v) is 5.29. The number of benzene rings is 1. The predicted octanol–water partition coefficient (Wildman–Crippen LogP) is 4.00. The zero-order valence-corrected chi connectivity index (χ0v) is 16.2. The number of carbonyl (C=O) groups excluding carboxylic acids is 2. The van der Waals surface area contributed by atoms with Gasteiger partial charge in [-0.3, -0.25) is 0 Å². The van der Waals surface area contributed by atoms with Crippen LogP contribution in [0.2, 0.25) is 0 Å². The molecule has 2 aromatic carbocycles. The molecule has 0 spiro atoms. The van der Waals surface area contributed by atoms with E-state index >= 15 is 0 Å². The third-order valence-electron chi connectivity index (χ3n) is 4.09. The molecule has 0 amide bonds. The average molecular weight is 352 g/mol. The maximum absolute atomic E-state index is 8.00.